The summed E-state index contributed by atoms with van der Waals surface area (Å²) in [4.78, 5) is 8.44. The normalized spacial score (nSPS) is 10.8. The zero-order valence-electron chi connectivity index (χ0n) is 8.99. The van der Waals surface area contributed by atoms with Crippen LogP contribution in [0.1, 0.15) is 12.0 Å². The first-order valence-corrected chi connectivity index (χ1v) is 5.36. The van der Waals surface area contributed by atoms with Crippen molar-refractivity contribution in [1.82, 2.24) is 15.3 Å². The highest BCUT2D eigenvalue weighted by Gasteiger charge is 1.97. The van der Waals surface area contributed by atoms with E-state index in [9.17, 15) is 4.39 Å². The van der Waals surface area contributed by atoms with E-state index in [1.807, 2.05) is 18.2 Å². The number of rotatable bonds is 5. The molecule has 0 unspecified atom stereocenters. The lowest BCUT2D eigenvalue weighted by atomic mass is 10.2. The van der Waals surface area contributed by atoms with E-state index in [0.717, 1.165) is 23.1 Å². The Kier molecular flexibility index (Phi) is 3.77. The number of alkyl halides is 1. The van der Waals surface area contributed by atoms with Gasteiger partial charge in [-0.05, 0) is 30.7 Å². The zero-order valence-corrected chi connectivity index (χ0v) is 8.99. The van der Waals surface area contributed by atoms with Crippen LogP contribution in [0.25, 0.3) is 11.0 Å². The fraction of sp³-hybridized carbons (Fsp3) is 0.333. The molecule has 16 heavy (non-hydrogen) atoms. The van der Waals surface area contributed by atoms with Crippen molar-refractivity contribution < 1.29 is 4.39 Å². The smallest absolute Gasteiger partial charge is 0.0906 e. The monoisotopic (exact) mass is 219 g/mol. The molecular formula is C12H14FN3. The minimum atomic E-state index is -0.268. The highest BCUT2D eigenvalue weighted by molar-refractivity contribution is 5.74. The summed E-state index contributed by atoms with van der Waals surface area (Å²) >= 11 is 0. The summed E-state index contributed by atoms with van der Waals surface area (Å²) in [5, 5.41) is 3.18. The Morgan fingerprint density at radius 2 is 1.94 bits per heavy atom. The van der Waals surface area contributed by atoms with E-state index >= 15 is 0 Å². The maximum atomic E-state index is 11.9. The molecule has 0 saturated carbocycles. The molecule has 0 bridgehead atoms. The molecule has 2 aromatic rings. The van der Waals surface area contributed by atoms with E-state index in [2.05, 4.69) is 15.3 Å². The fourth-order valence-corrected chi connectivity index (χ4v) is 1.54. The standard InChI is InChI=1S/C12H14FN3/c13-4-1-5-14-9-10-2-3-11-12(8-10)16-7-6-15-11/h2-3,6-8,14H,1,4-5,9H2. The quantitative estimate of drug-likeness (QED) is 0.782. The van der Waals surface area contributed by atoms with Crippen molar-refractivity contribution in [2.45, 2.75) is 13.0 Å². The van der Waals surface area contributed by atoms with E-state index in [1.54, 1.807) is 12.4 Å². The predicted molar refractivity (Wildman–Crippen MR) is 61.8 cm³/mol. The number of fused-ring (bicyclic) bond motifs is 1. The molecule has 0 fully saturated rings. The topological polar surface area (TPSA) is 37.8 Å². The Morgan fingerprint density at radius 3 is 2.75 bits per heavy atom. The van der Waals surface area contributed by atoms with Gasteiger partial charge < -0.3 is 5.32 Å². The molecule has 0 radical (unpaired) electrons. The van der Waals surface area contributed by atoms with Crippen molar-refractivity contribution >= 4 is 11.0 Å². The second kappa shape index (κ2) is 5.51. The summed E-state index contributed by atoms with van der Waals surface area (Å²) in [6.45, 7) is 1.18. The average molecular weight is 219 g/mol. The van der Waals surface area contributed by atoms with Crippen LogP contribution < -0.4 is 5.32 Å². The maximum absolute atomic E-state index is 11.9. The van der Waals surface area contributed by atoms with Gasteiger partial charge in [-0.25, -0.2) is 0 Å². The van der Waals surface area contributed by atoms with Crippen molar-refractivity contribution in [3.63, 3.8) is 0 Å². The van der Waals surface area contributed by atoms with Crippen LogP contribution in [-0.4, -0.2) is 23.2 Å². The minimum absolute atomic E-state index is 0.268. The molecule has 0 aliphatic carbocycles. The van der Waals surface area contributed by atoms with Crippen molar-refractivity contribution in [1.29, 1.82) is 0 Å². The molecule has 0 spiro atoms. The van der Waals surface area contributed by atoms with Crippen LogP contribution in [0, 0.1) is 0 Å². The second-order valence-electron chi connectivity index (χ2n) is 3.60. The number of benzene rings is 1. The Morgan fingerprint density at radius 1 is 1.12 bits per heavy atom. The van der Waals surface area contributed by atoms with Crippen molar-refractivity contribution in [2.75, 3.05) is 13.2 Å². The van der Waals surface area contributed by atoms with Crippen molar-refractivity contribution in [3.8, 4) is 0 Å². The van der Waals surface area contributed by atoms with Crippen LogP contribution in [0.2, 0.25) is 0 Å². The highest BCUT2D eigenvalue weighted by Crippen LogP contribution is 2.10. The third-order valence-corrected chi connectivity index (χ3v) is 2.35. The zero-order chi connectivity index (χ0) is 11.2. The maximum Gasteiger partial charge on any atom is 0.0906 e. The minimum Gasteiger partial charge on any atom is -0.313 e. The van der Waals surface area contributed by atoms with Gasteiger partial charge in [0.1, 0.15) is 0 Å². The van der Waals surface area contributed by atoms with Crippen molar-refractivity contribution in [3.05, 3.63) is 36.2 Å². The SMILES string of the molecule is FCCCNCc1ccc2nccnc2c1. The van der Waals surface area contributed by atoms with Crippen LogP contribution >= 0.6 is 0 Å². The number of halogens is 1. The lowest BCUT2D eigenvalue weighted by Crippen LogP contribution is -2.15. The van der Waals surface area contributed by atoms with E-state index < -0.39 is 0 Å². The van der Waals surface area contributed by atoms with Gasteiger partial charge in [-0.3, -0.25) is 14.4 Å². The van der Waals surface area contributed by atoms with Gasteiger partial charge in [-0.2, -0.15) is 0 Å². The molecule has 3 nitrogen and oxygen atoms in total. The molecule has 0 aliphatic rings. The molecule has 0 aliphatic heterocycles. The molecule has 1 N–H and O–H groups in total. The molecular weight excluding hydrogens is 205 g/mol. The third-order valence-electron chi connectivity index (χ3n) is 2.35. The predicted octanol–water partition coefficient (Wildman–Crippen LogP) is 2.08. The Balaban J connectivity index is 2.02. The van der Waals surface area contributed by atoms with E-state index in [1.165, 1.54) is 0 Å². The number of hydrogen-bond acceptors (Lipinski definition) is 3. The number of hydrogen-bond donors (Lipinski definition) is 1. The first-order chi connectivity index (χ1) is 7.90. The molecule has 0 saturated heterocycles. The summed E-state index contributed by atoms with van der Waals surface area (Å²) in [6.07, 6.45) is 3.93. The molecule has 1 aromatic carbocycles. The van der Waals surface area contributed by atoms with Gasteiger partial charge in [0.25, 0.3) is 0 Å². The summed E-state index contributed by atoms with van der Waals surface area (Å²) in [5.74, 6) is 0. The third kappa shape index (κ3) is 2.73. The first-order valence-electron chi connectivity index (χ1n) is 5.36. The average Bonchev–Trinajstić information content (AvgIpc) is 2.34. The van der Waals surface area contributed by atoms with E-state index in [0.29, 0.717) is 13.0 Å². The summed E-state index contributed by atoms with van der Waals surface area (Å²) in [6, 6.07) is 5.97. The molecule has 0 atom stereocenters. The molecule has 1 heterocycles. The summed E-state index contributed by atoms with van der Waals surface area (Å²) in [7, 11) is 0. The Labute approximate surface area is 93.7 Å². The Bertz CT molecular complexity index is 459. The first kappa shape index (κ1) is 11.0. The number of aromatic nitrogens is 2. The molecule has 1 aromatic heterocycles. The summed E-state index contributed by atoms with van der Waals surface area (Å²) in [5.41, 5.74) is 2.94. The van der Waals surface area contributed by atoms with Crippen LogP contribution in [0.5, 0.6) is 0 Å². The Hall–Kier alpha value is -1.55. The van der Waals surface area contributed by atoms with Gasteiger partial charge in [0.05, 0.1) is 17.7 Å². The lowest BCUT2D eigenvalue weighted by molar-refractivity contribution is 0.459. The van der Waals surface area contributed by atoms with Gasteiger partial charge in [-0.1, -0.05) is 6.07 Å². The van der Waals surface area contributed by atoms with Gasteiger partial charge in [-0.15, -0.1) is 0 Å². The molecule has 4 heteroatoms. The van der Waals surface area contributed by atoms with Crippen LogP contribution in [0.4, 0.5) is 4.39 Å². The molecule has 2 rings (SSSR count). The van der Waals surface area contributed by atoms with Crippen LogP contribution in [-0.2, 0) is 6.54 Å². The largest absolute Gasteiger partial charge is 0.313 e. The van der Waals surface area contributed by atoms with E-state index in [-0.39, 0.29) is 6.67 Å². The van der Waals surface area contributed by atoms with Crippen LogP contribution in [0.3, 0.4) is 0 Å². The lowest BCUT2D eigenvalue weighted by Gasteiger charge is -2.04. The molecule has 84 valence electrons. The van der Waals surface area contributed by atoms with E-state index in [4.69, 9.17) is 0 Å². The fourth-order valence-electron chi connectivity index (χ4n) is 1.54. The van der Waals surface area contributed by atoms with Gasteiger partial charge in [0, 0.05) is 18.9 Å². The van der Waals surface area contributed by atoms with Crippen LogP contribution in [0.15, 0.2) is 30.6 Å². The van der Waals surface area contributed by atoms with Gasteiger partial charge >= 0.3 is 0 Å². The number of nitrogens with zero attached hydrogens (tertiary/aromatic N) is 2. The van der Waals surface area contributed by atoms with Gasteiger partial charge in [0.2, 0.25) is 0 Å². The highest BCUT2D eigenvalue weighted by atomic mass is 19.1. The second-order valence-corrected chi connectivity index (χ2v) is 3.60. The van der Waals surface area contributed by atoms with Crippen molar-refractivity contribution in [2.24, 2.45) is 0 Å². The summed E-state index contributed by atoms with van der Waals surface area (Å²) < 4.78 is 11.9. The number of nitrogens with one attached hydrogen (secondary N) is 1. The van der Waals surface area contributed by atoms with Gasteiger partial charge in [0.15, 0.2) is 0 Å². The molecule has 0 amide bonds.